The molecular formula is C14H23N5O. The molecule has 1 aromatic rings. The summed E-state index contributed by atoms with van der Waals surface area (Å²) in [4.78, 5) is 24.7. The third-order valence-corrected chi connectivity index (χ3v) is 3.97. The van der Waals surface area contributed by atoms with Gasteiger partial charge in [-0.15, -0.1) is 0 Å². The highest BCUT2D eigenvalue weighted by Crippen LogP contribution is 2.13. The quantitative estimate of drug-likeness (QED) is 0.867. The molecule has 1 amide bonds. The molecule has 6 nitrogen and oxygen atoms in total. The molecule has 1 aliphatic heterocycles. The molecule has 1 aromatic heterocycles. The van der Waals surface area contributed by atoms with E-state index in [1.54, 1.807) is 18.5 Å². The van der Waals surface area contributed by atoms with E-state index in [1.807, 2.05) is 11.8 Å². The fraction of sp³-hybridized carbons (Fsp3) is 0.643. The molecule has 6 heteroatoms. The number of anilines is 1. The summed E-state index contributed by atoms with van der Waals surface area (Å²) >= 11 is 0. The molecular weight excluding hydrogens is 254 g/mol. The number of hydrogen-bond donors (Lipinski definition) is 1. The second-order valence-electron chi connectivity index (χ2n) is 5.27. The van der Waals surface area contributed by atoms with Gasteiger partial charge >= 0.3 is 0 Å². The van der Waals surface area contributed by atoms with Crippen LogP contribution >= 0.6 is 0 Å². The van der Waals surface area contributed by atoms with E-state index in [-0.39, 0.29) is 17.9 Å². The van der Waals surface area contributed by atoms with Crippen molar-refractivity contribution in [2.24, 2.45) is 11.7 Å². The Bertz CT molecular complexity index is 430. The van der Waals surface area contributed by atoms with Gasteiger partial charge in [0.2, 0.25) is 11.9 Å². The Morgan fingerprint density at radius 2 is 1.90 bits per heavy atom. The van der Waals surface area contributed by atoms with Crippen molar-refractivity contribution in [1.82, 2.24) is 14.9 Å². The van der Waals surface area contributed by atoms with E-state index in [4.69, 9.17) is 5.73 Å². The van der Waals surface area contributed by atoms with Gasteiger partial charge in [0.25, 0.3) is 0 Å². The van der Waals surface area contributed by atoms with Crippen LogP contribution in [0.25, 0.3) is 0 Å². The molecule has 1 saturated heterocycles. The molecule has 0 spiro atoms. The predicted octanol–water partition coefficient (Wildman–Crippen LogP) is 0.499. The summed E-state index contributed by atoms with van der Waals surface area (Å²) in [6.07, 6.45) is 4.39. The van der Waals surface area contributed by atoms with Crippen molar-refractivity contribution < 1.29 is 4.79 Å². The zero-order valence-electron chi connectivity index (χ0n) is 12.2. The topological polar surface area (TPSA) is 75.4 Å². The summed E-state index contributed by atoms with van der Waals surface area (Å²) in [5.41, 5.74) is 6.02. The lowest BCUT2D eigenvalue weighted by molar-refractivity contribution is -0.134. The van der Waals surface area contributed by atoms with Gasteiger partial charge in [0.1, 0.15) is 0 Å². The number of nitrogens with two attached hydrogens (primary N) is 1. The molecule has 1 fully saturated rings. The summed E-state index contributed by atoms with van der Waals surface area (Å²) in [6, 6.07) is 1.41. The summed E-state index contributed by atoms with van der Waals surface area (Å²) < 4.78 is 0. The highest BCUT2D eigenvalue weighted by molar-refractivity contribution is 5.82. The Balaban J connectivity index is 1.90. The second-order valence-corrected chi connectivity index (χ2v) is 5.27. The van der Waals surface area contributed by atoms with Crippen LogP contribution in [0, 0.1) is 5.92 Å². The molecule has 0 unspecified atom stereocenters. The minimum absolute atomic E-state index is 0.0629. The first kappa shape index (κ1) is 14.7. The molecule has 2 heterocycles. The van der Waals surface area contributed by atoms with Crippen LogP contribution in [0.3, 0.4) is 0 Å². The van der Waals surface area contributed by atoms with Crippen molar-refractivity contribution in [1.29, 1.82) is 0 Å². The fourth-order valence-corrected chi connectivity index (χ4v) is 2.29. The normalized spacial score (nSPS) is 18.8. The lowest BCUT2D eigenvalue weighted by Crippen LogP contribution is -2.54. The van der Waals surface area contributed by atoms with Gasteiger partial charge in [0.15, 0.2) is 0 Å². The SMILES string of the molecule is CC[C@H](C)[C@H](N)C(=O)N1CCN(c2ncccn2)CC1. The number of rotatable bonds is 4. The Labute approximate surface area is 120 Å². The molecule has 2 atom stereocenters. The van der Waals surface area contributed by atoms with Crippen LogP contribution in [0.1, 0.15) is 20.3 Å². The van der Waals surface area contributed by atoms with Crippen LogP contribution in [0.15, 0.2) is 18.5 Å². The van der Waals surface area contributed by atoms with Crippen LogP contribution < -0.4 is 10.6 Å². The average Bonchev–Trinajstić information content (AvgIpc) is 2.53. The third-order valence-electron chi connectivity index (χ3n) is 3.97. The summed E-state index contributed by atoms with van der Waals surface area (Å²) in [6.45, 7) is 6.95. The van der Waals surface area contributed by atoms with E-state index in [1.165, 1.54) is 0 Å². The maximum atomic E-state index is 12.3. The largest absolute Gasteiger partial charge is 0.338 e. The summed E-state index contributed by atoms with van der Waals surface area (Å²) in [5, 5.41) is 0. The number of nitrogens with zero attached hydrogens (tertiary/aromatic N) is 4. The standard InChI is InChI=1S/C14H23N5O/c1-3-11(2)12(15)13(20)18-7-9-19(10-8-18)14-16-5-4-6-17-14/h4-6,11-12H,3,7-10,15H2,1-2H3/t11-,12-/m0/s1. The van der Waals surface area contributed by atoms with Gasteiger partial charge in [-0.2, -0.15) is 0 Å². The number of piperazine rings is 1. The minimum Gasteiger partial charge on any atom is -0.338 e. The third kappa shape index (κ3) is 3.25. The Kier molecular flexibility index (Phi) is 4.89. The first-order valence-corrected chi connectivity index (χ1v) is 7.19. The molecule has 0 aliphatic carbocycles. The van der Waals surface area contributed by atoms with E-state index in [0.29, 0.717) is 13.1 Å². The minimum atomic E-state index is -0.389. The number of amides is 1. The van der Waals surface area contributed by atoms with Crippen LogP contribution in [0.5, 0.6) is 0 Å². The highest BCUT2D eigenvalue weighted by Gasteiger charge is 2.28. The maximum absolute atomic E-state index is 12.3. The van der Waals surface area contributed by atoms with Crippen LogP contribution in [-0.2, 0) is 4.79 Å². The van der Waals surface area contributed by atoms with Crippen molar-refractivity contribution in [2.75, 3.05) is 31.1 Å². The number of aromatic nitrogens is 2. The molecule has 1 aliphatic rings. The summed E-state index contributed by atoms with van der Waals surface area (Å²) in [7, 11) is 0. The summed E-state index contributed by atoms with van der Waals surface area (Å²) in [5.74, 6) is 1.01. The van der Waals surface area contributed by atoms with Gasteiger partial charge in [-0.05, 0) is 12.0 Å². The monoisotopic (exact) mass is 277 g/mol. The van der Waals surface area contributed by atoms with Gasteiger partial charge in [0.05, 0.1) is 6.04 Å². The lowest BCUT2D eigenvalue weighted by Gasteiger charge is -2.36. The van der Waals surface area contributed by atoms with Crippen molar-refractivity contribution in [3.05, 3.63) is 18.5 Å². The van der Waals surface area contributed by atoms with Crippen LogP contribution in [0.4, 0.5) is 5.95 Å². The number of carbonyl (C=O) groups is 1. The maximum Gasteiger partial charge on any atom is 0.239 e. The Morgan fingerprint density at radius 3 is 2.45 bits per heavy atom. The molecule has 2 N–H and O–H groups in total. The van der Waals surface area contributed by atoms with E-state index < -0.39 is 0 Å². The zero-order valence-corrected chi connectivity index (χ0v) is 12.2. The van der Waals surface area contributed by atoms with E-state index in [9.17, 15) is 4.79 Å². The lowest BCUT2D eigenvalue weighted by atomic mass is 9.98. The Hall–Kier alpha value is -1.69. The van der Waals surface area contributed by atoms with Crippen molar-refractivity contribution in [3.63, 3.8) is 0 Å². The predicted molar refractivity (Wildman–Crippen MR) is 78.3 cm³/mol. The van der Waals surface area contributed by atoms with Crippen LogP contribution in [0.2, 0.25) is 0 Å². The Morgan fingerprint density at radius 1 is 1.30 bits per heavy atom. The highest BCUT2D eigenvalue weighted by atomic mass is 16.2. The zero-order chi connectivity index (χ0) is 14.5. The molecule has 0 aromatic carbocycles. The van der Waals surface area contributed by atoms with E-state index in [0.717, 1.165) is 25.5 Å². The van der Waals surface area contributed by atoms with Gasteiger partial charge in [-0.1, -0.05) is 20.3 Å². The number of carbonyl (C=O) groups excluding carboxylic acids is 1. The van der Waals surface area contributed by atoms with Gasteiger partial charge in [-0.25, -0.2) is 9.97 Å². The van der Waals surface area contributed by atoms with Crippen molar-refractivity contribution in [2.45, 2.75) is 26.3 Å². The van der Waals surface area contributed by atoms with E-state index in [2.05, 4.69) is 21.8 Å². The number of hydrogen-bond acceptors (Lipinski definition) is 5. The molecule has 0 saturated carbocycles. The molecule has 110 valence electrons. The fourth-order valence-electron chi connectivity index (χ4n) is 2.29. The average molecular weight is 277 g/mol. The smallest absolute Gasteiger partial charge is 0.239 e. The first-order chi connectivity index (χ1) is 9.63. The van der Waals surface area contributed by atoms with Gasteiger partial charge in [-0.3, -0.25) is 4.79 Å². The van der Waals surface area contributed by atoms with Crippen molar-refractivity contribution >= 4 is 11.9 Å². The van der Waals surface area contributed by atoms with Crippen molar-refractivity contribution in [3.8, 4) is 0 Å². The molecule has 2 rings (SSSR count). The van der Waals surface area contributed by atoms with E-state index >= 15 is 0 Å². The first-order valence-electron chi connectivity index (χ1n) is 7.19. The molecule has 20 heavy (non-hydrogen) atoms. The molecule has 0 radical (unpaired) electrons. The van der Waals surface area contributed by atoms with Gasteiger partial charge in [0, 0.05) is 38.6 Å². The van der Waals surface area contributed by atoms with Gasteiger partial charge < -0.3 is 15.5 Å². The second kappa shape index (κ2) is 6.65. The van der Waals surface area contributed by atoms with Crippen LogP contribution in [-0.4, -0.2) is 53.0 Å². The molecule has 0 bridgehead atoms.